The summed E-state index contributed by atoms with van der Waals surface area (Å²) in [7, 11) is 13.0. The summed E-state index contributed by atoms with van der Waals surface area (Å²) in [4.78, 5) is 0. The molecule has 88 valence electrons. The van der Waals surface area contributed by atoms with E-state index in [-0.39, 0.29) is 0 Å². The summed E-state index contributed by atoms with van der Waals surface area (Å²) in [5.41, 5.74) is 0. The Morgan fingerprint density at radius 2 is 1.18 bits per heavy atom. The second-order valence-electron chi connectivity index (χ2n) is 6.45. The van der Waals surface area contributed by atoms with Crippen LogP contribution in [0, 0.1) is 11.8 Å². The van der Waals surface area contributed by atoms with Crippen LogP contribution in [0.25, 0.3) is 0 Å². The number of hydrogen-bond donors (Lipinski definition) is 0. The van der Waals surface area contributed by atoms with Gasteiger partial charge in [-0.25, -0.2) is 0 Å². The lowest BCUT2D eigenvalue weighted by Gasteiger charge is -2.44. The fourth-order valence-corrected chi connectivity index (χ4v) is 4.05. The molecule has 2 aliphatic carbocycles. The fraction of sp³-hybridized carbons (Fsp3) is 1.00. The van der Waals surface area contributed by atoms with Gasteiger partial charge in [0.15, 0.2) is 0 Å². The topological polar surface area (TPSA) is 25.1 Å². The van der Waals surface area contributed by atoms with Crippen molar-refractivity contribution >= 4 is 15.7 Å². The van der Waals surface area contributed by atoms with E-state index in [1.807, 2.05) is 0 Å². The Labute approximate surface area is 106 Å². The highest BCUT2D eigenvalue weighted by Crippen LogP contribution is 2.55. The molecule has 0 bridgehead atoms. The van der Waals surface area contributed by atoms with E-state index in [1.54, 1.807) is 0 Å². The van der Waals surface area contributed by atoms with Gasteiger partial charge in [-0.1, -0.05) is 5.21 Å². The quantitative estimate of drug-likeness (QED) is 0.529. The number of hydrogen-bond acceptors (Lipinski definition) is 2. The van der Waals surface area contributed by atoms with E-state index in [1.165, 1.54) is 0 Å². The fourth-order valence-electron chi connectivity index (χ4n) is 4.05. The van der Waals surface area contributed by atoms with E-state index in [0.29, 0.717) is 36.3 Å². The molecule has 0 spiro atoms. The third kappa shape index (κ3) is 1.79. The minimum absolute atomic E-state index is 0.437. The van der Waals surface area contributed by atoms with Crippen molar-refractivity contribution in [3.63, 3.8) is 0 Å². The summed E-state index contributed by atoms with van der Waals surface area (Å²) in [6, 6.07) is 0. The summed E-state index contributed by atoms with van der Waals surface area (Å²) in [6.07, 6.45) is 8.73. The molecule has 4 fully saturated rings. The van der Waals surface area contributed by atoms with Crippen molar-refractivity contribution in [2.75, 3.05) is 0 Å². The summed E-state index contributed by atoms with van der Waals surface area (Å²) >= 11 is 0. The molecule has 2 aliphatic heterocycles. The van der Waals surface area contributed by atoms with Crippen LogP contribution in [0.3, 0.4) is 0 Å². The molecule has 2 heterocycles. The Kier molecular flexibility index (Phi) is 2.27. The monoisotopic (exact) mass is 228 g/mol. The molecule has 0 amide bonds. The lowest BCUT2D eigenvalue weighted by atomic mass is 9.39. The van der Waals surface area contributed by atoms with Crippen LogP contribution in [0.5, 0.6) is 0 Å². The molecule has 6 unspecified atom stereocenters. The molecular formula is C13H18B2O2. The molecule has 2 saturated carbocycles. The van der Waals surface area contributed by atoms with Crippen molar-refractivity contribution in [2.45, 2.75) is 68.2 Å². The second kappa shape index (κ2) is 3.54. The minimum Gasteiger partial charge on any atom is -0.370 e. The van der Waals surface area contributed by atoms with E-state index >= 15 is 0 Å². The third-order valence-corrected chi connectivity index (χ3v) is 5.42. The number of epoxide rings is 2. The Morgan fingerprint density at radius 3 is 1.59 bits per heavy atom. The molecule has 0 aromatic heterocycles. The highest BCUT2D eigenvalue weighted by Gasteiger charge is 2.52. The molecular weight excluding hydrogens is 210 g/mol. The largest absolute Gasteiger partial charge is 0.370 e. The van der Waals surface area contributed by atoms with Crippen LogP contribution in [-0.4, -0.2) is 40.1 Å². The SMILES string of the molecule is [B]C([B])(C1CCC2OC2C1)C1CCC2OC2C1. The molecule has 4 heteroatoms. The maximum Gasteiger partial charge on any atom is 0.0844 e. The van der Waals surface area contributed by atoms with Crippen LogP contribution in [0.2, 0.25) is 5.21 Å². The standard InChI is InChI=1S/C13H18B2O2/c14-13(15,7-1-3-9-11(5-7)16-9)8-2-4-10-12(6-8)17-10/h7-12H,1-6H2. The molecule has 4 aliphatic rings. The Bertz CT molecular complexity index is 303. The maximum absolute atomic E-state index is 6.49. The zero-order valence-corrected chi connectivity index (χ0v) is 10.2. The Morgan fingerprint density at radius 1 is 0.706 bits per heavy atom. The van der Waals surface area contributed by atoms with E-state index in [4.69, 9.17) is 25.2 Å². The molecule has 4 radical (unpaired) electrons. The van der Waals surface area contributed by atoms with Crippen LogP contribution >= 0.6 is 0 Å². The number of fused-ring (bicyclic) bond motifs is 2. The van der Waals surface area contributed by atoms with Crippen molar-refractivity contribution in [3.8, 4) is 0 Å². The normalized spacial score (nSPS) is 52.5. The van der Waals surface area contributed by atoms with Gasteiger partial charge in [0.05, 0.1) is 40.1 Å². The second-order valence-corrected chi connectivity index (χ2v) is 6.45. The third-order valence-electron chi connectivity index (χ3n) is 5.42. The first kappa shape index (κ1) is 10.9. The van der Waals surface area contributed by atoms with Crippen LogP contribution in [-0.2, 0) is 9.47 Å². The van der Waals surface area contributed by atoms with Gasteiger partial charge in [0.2, 0.25) is 0 Å². The number of rotatable bonds is 2. The molecule has 0 aromatic rings. The van der Waals surface area contributed by atoms with Gasteiger partial charge in [-0.2, -0.15) is 0 Å². The van der Waals surface area contributed by atoms with Gasteiger partial charge < -0.3 is 9.47 Å². The van der Waals surface area contributed by atoms with E-state index in [9.17, 15) is 0 Å². The van der Waals surface area contributed by atoms with Gasteiger partial charge in [-0.3, -0.25) is 0 Å². The van der Waals surface area contributed by atoms with Crippen molar-refractivity contribution in [2.24, 2.45) is 11.8 Å². The van der Waals surface area contributed by atoms with Gasteiger partial charge in [0, 0.05) is 0 Å². The van der Waals surface area contributed by atoms with Gasteiger partial charge >= 0.3 is 0 Å². The first-order valence-corrected chi connectivity index (χ1v) is 7.03. The molecule has 0 N–H and O–H groups in total. The molecule has 2 nitrogen and oxygen atoms in total. The Hall–Kier alpha value is 0.0499. The van der Waals surface area contributed by atoms with Crippen molar-refractivity contribution in [1.82, 2.24) is 0 Å². The van der Waals surface area contributed by atoms with Crippen LogP contribution in [0.15, 0.2) is 0 Å². The summed E-state index contributed by atoms with van der Waals surface area (Å²) in [5.74, 6) is 0.873. The smallest absolute Gasteiger partial charge is 0.0844 e. The predicted molar refractivity (Wildman–Crippen MR) is 66.2 cm³/mol. The van der Waals surface area contributed by atoms with Crippen molar-refractivity contribution in [3.05, 3.63) is 0 Å². The van der Waals surface area contributed by atoms with E-state index in [0.717, 1.165) is 38.5 Å². The van der Waals surface area contributed by atoms with Gasteiger partial charge in [0.1, 0.15) is 0 Å². The summed E-state index contributed by atoms with van der Waals surface area (Å²) in [5, 5.41) is -0.506. The summed E-state index contributed by atoms with van der Waals surface area (Å²) < 4.78 is 11.2. The van der Waals surface area contributed by atoms with Gasteiger partial charge in [0.25, 0.3) is 0 Å². The average Bonchev–Trinajstić information content (AvgIpc) is 3.21. The molecule has 17 heavy (non-hydrogen) atoms. The highest BCUT2D eigenvalue weighted by atomic mass is 16.6. The number of ether oxygens (including phenoxy) is 2. The minimum atomic E-state index is -0.506. The zero-order valence-electron chi connectivity index (χ0n) is 10.2. The average molecular weight is 228 g/mol. The Balaban J connectivity index is 1.45. The van der Waals surface area contributed by atoms with E-state index in [2.05, 4.69) is 0 Å². The predicted octanol–water partition coefficient (Wildman–Crippen LogP) is 1.57. The summed E-state index contributed by atoms with van der Waals surface area (Å²) in [6.45, 7) is 0. The lowest BCUT2D eigenvalue weighted by molar-refractivity contribution is 0.237. The molecule has 6 atom stereocenters. The van der Waals surface area contributed by atoms with Gasteiger partial charge in [-0.05, 0) is 50.4 Å². The zero-order chi connectivity index (χ0) is 11.6. The van der Waals surface area contributed by atoms with Gasteiger partial charge in [-0.15, -0.1) is 0 Å². The van der Waals surface area contributed by atoms with E-state index < -0.39 is 5.21 Å². The first-order valence-electron chi connectivity index (χ1n) is 7.03. The van der Waals surface area contributed by atoms with Crippen molar-refractivity contribution in [1.29, 1.82) is 0 Å². The highest BCUT2D eigenvalue weighted by molar-refractivity contribution is 6.40. The van der Waals surface area contributed by atoms with Crippen molar-refractivity contribution < 1.29 is 9.47 Å². The van der Waals surface area contributed by atoms with Crippen LogP contribution in [0.1, 0.15) is 38.5 Å². The molecule has 4 rings (SSSR count). The van der Waals surface area contributed by atoms with Crippen LogP contribution in [0.4, 0.5) is 0 Å². The molecule has 2 saturated heterocycles. The first-order chi connectivity index (χ1) is 8.14. The lowest BCUT2D eigenvalue weighted by Crippen LogP contribution is -2.37. The molecule has 0 aromatic carbocycles. The maximum atomic E-state index is 6.49. The van der Waals surface area contributed by atoms with Crippen LogP contribution < -0.4 is 0 Å².